The summed E-state index contributed by atoms with van der Waals surface area (Å²) in [6.45, 7) is 14.3. The molecule has 1 aliphatic rings. The molecule has 1 rings (SSSR count). The average molecular weight is 402 g/mol. The summed E-state index contributed by atoms with van der Waals surface area (Å²) < 4.78 is 10.9. The van der Waals surface area contributed by atoms with Crippen LogP contribution >= 0.6 is 0 Å². The first kappa shape index (κ1) is 27.0. The highest BCUT2D eigenvalue weighted by Gasteiger charge is 2.48. The van der Waals surface area contributed by atoms with Crippen LogP contribution in [-0.4, -0.2) is 53.4 Å². The molecule has 0 aromatic heterocycles. The molecule has 0 saturated carbocycles. The minimum absolute atomic E-state index is 0.320. The van der Waals surface area contributed by atoms with E-state index >= 15 is 0 Å². The fourth-order valence-corrected chi connectivity index (χ4v) is 4.05. The molecule has 0 bridgehead atoms. The van der Waals surface area contributed by atoms with E-state index in [2.05, 4.69) is 0 Å². The molecule has 0 spiro atoms. The van der Waals surface area contributed by atoms with Crippen LogP contribution < -0.4 is 0 Å². The third kappa shape index (κ3) is 7.12. The van der Waals surface area contributed by atoms with Gasteiger partial charge in [0.25, 0.3) is 0 Å². The summed E-state index contributed by atoms with van der Waals surface area (Å²) >= 11 is 0. The predicted octanol–water partition coefficient (Wildman–Crippen LogP) is 4.77. The van der Waals surface area contributed by atoms with Gasteiger partial charge in [0.1, 0.15) is 17.8 Å². The second kappa shape index (κ2) is 11.9. The molecule has 0 aromatic carbocycles. The molecule has 0 aliphatic carbocycles. The van der Waals surface area contributed by atoms with Gasteiger partial charge in [-0.25, -0.2) is 0 Å². The smallest absolute Gasteiger partial charge is 0.319 e. The standard InChI is InChI=1S/C20H37NO5.C2H6/c1-7-8-10-20(15-22,11-9-12-25-6)17(23)26-16-13-18(2,3)21(24)19(4,5)14-16;1-2/h15-16,24H,7-14H2,1-6H3;1-2H3. The Labute approximate surface area is 171 Å². The number of carbonyl (C=O) groups is 2. The van der Waals surface area contributed by atoms with Crippen molar-refractivity contribution < 1.29 is 24.3 Å². The third-order valence-electron chi connectivity index (χ3n) is 5.45. The zero-order valence-electron chi connectivity index (χ0n) is 19.3. The molecule has 0 amide bonds. The Kier molecular flexibility index (Phi) is 11.5. The van der Waals surface area contributed by atoms with Crippen molar-refractivity contribution in [2.24, 2.45) is 5.41 Å². The van der Waals surface area contributed by atoms with Crippen LogP contribution in [0.25, 0.3) is 0 Å². The van der Waals surface area contributed by atoms with Gasteiger partial charge in [-0.3, -0.25) is 4.79 Å². The highest BCUT2D eigenvalue weighted by atomic mass is 16.6. The molecule has 1 fully saturated rings. The molecule has 28 heavy (non-hydrogen) atoms. The van der Waals surface area contributed by atoms with Crippen molar-refractivity contribution in [2.45, 2.75) is 111 Å². The van der Waals surface area contributed by atoms with E-state index in [1.54, 1.807) is 7.11 Å². The van der Waals surface area contributed by atoms with Gasteiger partial charge < -0.3 is 19.5 Å². The molecule has 6 nitrogen and oxygen atoms in total. The van der Waals surface area contributed by atoms with Gasteiger partial charge in [-0.2, -0.15) is 5.06 Å². The molecule has 0 radical (unpaired) electrons. The van der Waals surface area contributed by atoms with Crippen LogP contribution in [0.2, 0.25) is 0 Å². The average Bonchev–Trinajstić information content (AvgIpc) is 2.64. The Bertz CT molecular complexity index is 460. The summed E-state index contributed by atoms with van der Waals surface area (Å²) in [6, 6.07) is 0. The van der Waals surface area contributed by atoms with Gasteiger partial charge in [-0.1, -0.05) is 33.6 Å². The molecule has 1 saturated heterocycles. The number of nitrogens with zero attached hydrogens (tertiary/aromatic N) is 1. The summed E-state index contributed by atoms with van der Waals surface area (Å²) in [5, 5.41) is 11.8. The first-order chi connectivity index (χ1) is 13.0. The van der Waals surface area contributed by atoms with Crippen molar-refractivity contribution in [1.82, 2.24) is 5.06 Å². The minimum Gasteiger partial charge on any atom is -0.461 e. The molecule has 1 atom stereocenters. The predicted molar refractivity (Wildman–Crippen MR) is 111 cm³/mol. The largest absolute Gasteiger partial charge is 0.461 e. The number of piperidine rings is 1. The third-order valence-corrected chi connectivity index (χ3v) is 5.45. The fraction of sp³-hybridized carbons (Fsp3) is 0.909. The lowest BCUT2D eigenvalue weighted by Crippen LogP contribution is -2.61. The molecule has 1 unspecified atom stereocenters. The van der Waals surface area contributed by atoms with E-state index in [0.717, 1.165) is 19.1 Å². The maximum absolute atomic E-state index is 13.0. The monoisotopic (exact) mass is 401 g/mol. The van der Waals surface area contributed by atoms with Gasteiger partial charge in [-0.05, 0) is 47.0 Å². The molecular formula is C22H43NO5. The molecule has 166 valence electrons. The van der Waals surface area contributed by atoms with Gasteiger partial charge in [0.2, 0.25) is 0 Å². The Hall–Kier alpha value is -0.980. The van der Waals surface area contributed by atoms with E-state index in [9.17, 15) is 14.8 Å². The first-order valence-electron chi connectivity index (χ1n) is 10.7. The van der Waals surface area contributed by atoms with Crippen LogP contribution in [0.4, 0.5) is 0 Å². The highest BCUT2D eigenvalue weighted by molar-refractivity contribution is 5.93. The second-order valence-electron chi connectivity index (χ2n) is 8.85. The van der Waals surface area contributed by atoms with Crippen molar-refractivity contribution in [3.05, 3.63) is 0 Å². The molecular weight excluding hydrogens is 358 g/mol. The van der Waals surface area contributed by atoms with Crippen molar-refractivity contribution in [1.29, 1.82) is 0 Å². The van der Waals surface area contributed by atoms with Crippen molar-refractivity contribution in [3.8, 4) is 0 Å². The first-order valence-corrected chi connectivity index (χ1v) is 10.7. The summed E-state index contributed by atoms with van der Waals surface area (Å²) in [5.74, 6) is -0.431. The number of aldehydes is 1. The second-order valence-corrected chi connectivity index (χ2v) is 8.85. The molecule has 1 aliphatic heterocycles. The summed E-state index contributed by atoms with van der Waals surface area (Å²) in [5.41, 5.74) is -2.11. The number of rotatable bonds is 10. The van der Waals surface area contributed by atoms with E-state index in [1.165, 1.54) is 5.06 Å². The van der Waals surface area contributed by atoms with Gasteiger partial charge >= 0.3 is 5.97 Å². The Balaban J connectivity index is 0.00000352. The normalized spacial score (nSPS) is 21.2. The van der Waals surface area contributed by atoms with E-state index in [-0.39, 0.29) is 6.10 Å². The number of hydrogen-bond acceptors (Lipinski definition) is 6. The van der Waals surface area contributed by atoms with E-state index < -0.39 is 22.5 Å². The maximum Gasteiger partial charge on any atom is 0.319 e. The zero-order chi connectivity index (χ0) is 22.0. The Morgan fingerprint density at radius 1 is 1.14 bits per heavy atom. The summed E-state index contributed by atoms with van der Waals surface area (Å²) in [7, 11) is 1.61. The van der Waals surface area contributed by atoms with Gasteiger partial charge in [0, 0.05) is 37.6 Å². The fourth-order valence-electron chi connectivity index (χ4n) is 4.05. The van der Waals surface area contributed by atoms with Crippen LogP contribution in [0, 0.1) is 5.41 Å². The van der Waals surface area contributed by atoms with Crippen LogP contribution in [-0.2, 0) is 19.1 Å². The highest BCUT2D eigenvalue weighted by Crippen LogP contribution is 2.39. The molecule has 1 heterocycles. The van der Waals surface area contributed by atoms with E-state index in [0.29, 0.717) is 38.7 Å². The van der Waals surface area contributed by atoms with Crippen molar-refractivity contribution in [3.63, 3.8) is 0 Å². The number of carbonyl (C=O) groups excluding carboxylic acids is 2. The number of hydroxylamine groups is 2. The Morgan fingerprint density at radius 3 is 2.07 bits per heavy atom. The molecule has 6 heteroatoms. The number of ether oxygens (including phenoxy) is 2. The quantitative estimate of drug-likeness (QED) is 0.246. The summed E-state index contributed by atoms with van der Waals surface area (Å²) in [6.07, 6.45) is 4.80. The van der Waals surface area contributed by atoms with Crippen molar-refractivity contribution in [2.75, 3.05) is 13.7 Å². The summed E-state index contributed by atoms with van der Waals surface area (Å²) in [4.78, 5) is 24.9. The number of unbranched alkanes of at least 4 members (excludes halogenated alkanes) is 1. The lowest BCUT2D eigenvalue weighted by Gasteiger charge is -2.51. The van der Waals surface area contributed by atoms with Crippen LogP contribution in [0.15, 0.2) is 0 Å². The zero-order valence-corrected chi connectivity index (χ0v) is 19.3. The molecule has 1 N–H and O–H groups in total. The molecule has 0 aromatic rings. The number of methoxy groups -OCH3 is 1. The lowest BCUT2D eigenvalue weighted by molar-refractivity contribution is -0.260. The SMILES string of the molecule is CC.CCCCC(C=O)(CCCOC)C(=O)OC1CC(C)(C)N(O)C(C)(C)C1. The lowest BCUT2D eigenvalue weighted by atomic mass is 9.78. The number of esters is 1. The van der Waals surface area contributed by atoms with Crippen LogP contribution in [0.1, 0.15) is 93.4 Å². The van der Waals surface area contributed by atoms with Gasteiger partial charge in [-0.15, -0.1) is 0 Å². The van der Waals surface area contributed by atoms with Crippen LogP contribution in [0.5, 0.6) is 0 Å². The van der Waals surface area contributed by atoms with Crippen molar-refractivity contribution >= 4 is 12.3 Å². The number of hydrogen-bond donors (Lipinski definition) is 1. The maximum atomic E-state index is 13.0. The van der Waals surface area contributed by atoms with Gasteiger partial charge in [0.15, 0.2) is 0 Å². The minimum atomic E-state index is -1.10. The van der Waals surface area contributed by atoms with Gasteiger partial charge in [0.05, 0.1) is 0 Å². The van der Waals surface area contributed by atoms with E-state index in [1.807, 2.05) is 48.5 Å². The van der Waals surface area contributed by atoms with E-state index in [4.69, 9.17) is 9.47 Å². The van der Waals surface area contributed by atoms with Crippen LogP contribution in [0.3, 0.4) is 0 Å². The Morgan fingerprint density at radius 2 is 1.64 bits per heavy atom. The topological polar surface area (TPSA) is 76.1 Å².